The highest BCUT2D eigenvalue weighted by Crippen LogP contribution is 2.27. The van der Waals surface area contributed by atoms with Crippen LogP contribution in [0, 0.1) is 0 Å². The van der Waals surface area contributed by atoms with Gasteiger partial charge in [0.25, 0.3) is 0 Å². The van der Waals surface area contributed by atoms with E-state index in [-0.39, 0.29) is 0 Å². The minimum absolute atomic E-state index is 0.748. The van der Waals surface area contributed by atoms with Gasteiger partial charge in [0.05, 0.1) is 0 Å². The molecule has 1 aliphatic rings. The summed E-state index contributed by atoms with van der Waals surface area (Å²) in [5, 5.41) is 0. The maximum Gasteiger partial charge on any atom is -0.0159 e. The smallest absolute Gasteiger partial charge is 0.0159 e. The van der Waals surface area contributed by atoms with E-state index in [0.29, 0.717) is 0 Å². The van der Waals surface area contributed by atoms with Crippen LogP contribution < -0.4 is 0 Å². The van der Waals surface area contributed by atoms with E-state index >= 15 is 0 Å². The van der Waals surface area contributed by atoms with Gasteiger partial charge >= 0.3 is 0 Å². The van der Waals surface area contributed by atoms with Crippen LogP contribution in [0.3, 0.4) is 0 Å². The second-order valence-corrected chi connectivity index (χ2v) is 4.54. The molecule has 1 aromatic rings. The highest BCUT2D eigenvalue weighted by atomic mass is 14.1. The number of hydrogen-bond donors (Lipinski definition) is 0. The molecule has 1 aromatic carbocycles. The van der Waals surface area contributed by atoms with Crippen molar-refractivity contribution in [3.63, 3.8) is 0 Å². The first-order valence-corrected chi connectivity index (χ1v) is 6.41. The third kappa shape index (κ3) is 3.40. The monoisotopic (exact) mass is 212 g/mol. The third-order valence-electron chi connectivity index (χ3n) is 3.32. The highest BCUT2D eigenvalue weighted by molar-refractivity contribution is 5.19. The summed E-state index contributed by atoms with van der Waals surface area (Å²) in [6.45, 7) is 0. The molecule has 0 heteroatoms. The first kappa shape index (κ1) is 11.2. The van der Waals surface area contributed by atoms with Crippen LogP contribution in [0.4, 0.5) is 0 Å². The van der Waals surface area contributed by atoms with Gasteiger partial charge in [-0.15, -0.1) is 5.73 Å². The summed E-state index contributed by atoms with van der Waals surface area (Å²) in [5.41, 5.74) is 4.79. The van der Waals surface area contributed by atoms with Gasteiger partial charge in [-0.05, 0) is 55.7 Å². The molecule has 16 heavy (non-hydrogen) atoms. The lowest BCUT2D eigenvalue weighted by atomic mass is 9.89. The van der Waals surface area contributed by atoms with Gasteiger partial charge in [-0.1, -0.05) is 36.8 Å². The average molecular weight is 212 g/mol. The molecule has 1 aliphatic carbocycles. The van der Waals surface area contributed by atoms with Crippen LogP contribution in [0.15, 0.2) is 48.2 Å². The van der Waals surface area contributed by atoms with E-state index in [1.54, 1.807) is 0 Å². The molecule has 2 rings (SSSR count). The average Bonchev–Trinajstić information content (AvgIpc) is 2.37. The Morgan fingerprint density at radius 3 is 2.56 bits per heavy atom. The second-order valence-electron chi connectivity index (χ2n) is 4.54. The van der Waals surface area contributed by atoms with Gasteiger partial charge in [0.15, 0.2) is 0 Å². The standard InChI is InChI=1S/C16H20/c1-2-4-7-11-15(12-8-5-3-1)16-13-9-6-10-14-16/h1,5-6,9-10,13-15H,2,4,7-8,11-12H2. The zero-order valence-electron chi connectivity index (χ0n) is 9.86. The number of benzene rings is 1. The number of rotatable bonds is 1. The summed E-state index contributed by atoms with van der Waals surface area (Å²) >= 11 is 0. The van der Waals surface area contributed by atoms with E-state index in [4.69, 9.17) is 0 Å². The summed E-state index contributed by atoms with van der Waals surface area (Å²) in [5.74, 6) is 0.748. The zero-order chi connectivity index (χ0) is 11.1. The van der Waals surface area contributed by atoms with Crippen LogP contribution in [-0.2, 0) is 0 Å². The third-order valence-corrected chi connectivity index (χ3v) is 3.32. The number of allylic oxidation sites excluding steroid dienone is 1. The SMILES string of the molecule is C1=CCCCCC(c2ccccc2)CCC=1. The van der Waals surface area contributed by atoms with Gasteiger partial charge in [0.2, 0.25) is 0 Å². The van der Waals surface area contributed by atoms with Crippen LogP contribution in [-0.4, -0.2) is 0 Å². The van der Waals surface area contributed by atoms with Gasteiger partial charge in [0.1, 0.15) is 0 Å². The van der Waals surface area contributed by atoms with E-state index in [1.165, 1.54) is 37.7 Å². The van der Waals surface area contributed by atoms with Gasteiger partial charge in [-0.3, -0.25) is 0 Å². The van der Waals surface area contributed by atoms with Crippen LogP contribution in [0.2, 0.25) is 0 Å². The molecule has 0 heterocycles. The molecule has 0 aromatic heterocycles. The molecule has 0 spiro atoms. The summed E-state index contributed by atoms with van der Waals surface area (Å²) in [6.07, 6.45) is 12.0. The van der Waals surface area contributed by atoms with Crippen molar-refractivity contribution < 1.29 is 0 Å². The van der Waals surface area contributed by atoms with Crippen molar-refractivity contribution in [3.8, 4) is 0 Å². The molecule has 84 valence electrons. The summed E-state index contributed by atoms with van der Waals surface area (Å²) < 4.78 is 0. The fourth-order valence-corrected chi connectivity index (χ4v) is 2.37. The van der Waals surface area contributed by atoms with E-state index < -0.39 is 0 Å². The summed E-state index contributed by atoms with van der Waals surface area (Å²) in [7, 11) is 0. The Bertz CT molecular complexity index is 355. The first-order valence-electron chi connectivity index (χ1n) is 6.41. The van der Waals surface area contributed by atoms with E-state index in [0.717, 1.165) is 12.3 Å². The summed E-state index contributed by atoms with van der Waals surface area (Å²) in [4.78, 5) is 0. The first-order chi connectivity index (χ1) is 7.97. The fraction of sp³-hybridized carbons (Fsp3) is 0.438. The topological polar surface area (TPSA) is 0 Å². The molecular weight excluding hydrogens is 192 g/mol. The predicted molar refractivity (Wildman–Crippen MR) is 69.5 cm³/mol. The Hall–Kier alpha value is -1.26. The fourth-order valence-electron chi connectivity index (χ4n) is 2.37. The van der Waals surface area contributed by atoms with Crippen LogP contribution >= 0.6 is 0 Å². The molecule has 0 N–H and O–H groups in total. The van der Waals surface area contributed by atoms with Crippen molar-refractivity contribution in [2.45, 2.75) is 44.4 Å². The molecule has 1 unspecified atom stereocenters. The van der Waals surface area contributed by atoms with Crippen LogP contribution in [0.5, 0.6) is 0 Å². The lowest BCUT2D eigenvalue weighted by molar-refractivity contribution is 0.542. The molecule has 0 saturated heterocycles. The Morgan fingerprint density at radius 2 is 1.69 bits per heavy atom. The minimum atomic E-state index is 0.748. The van der Waals surface area contributed by atoms with Crippen molar-refractivity contribution in [1.82, 2.24) is 0 Å². The Labute approximate surface area is 98.7 Å². The lowest BCUT2D eigenvalue weighted by Crippen LogP contribution is -1.99. The van der Waals surface area contributed by atoms with E-state index in [9.17, 15) is 0 Å². The van der Waals surface area contributed by atoms with E-state index in [1.807, 2.05) is 0 Å². The van der Waals surface area contributed by atoms with Gasteiger partial charge in [-0.2, -0.15) is 0 Å². The Morgan fingerprint density at radius 1 is 0.875 bits per heavy atom. The maximum atomic E-state index is 3.28. The lowest BCUT2D eigenvalue weighted by Gasteiger charge is -2.16. The molecule has 0 saturated carbocycles. The van der Waals surface area contributed by atoms with Crippen molar-refractivity contribution in [2.75, 3.05) is 0 Å². The van der Waals surface area contributed by atoms with Crippen molar-refractivity contribution in [1.29, 1.82) is 0 Å². The molecule has 0 radical (unpaired) electrons. The Kier molecular flexibility index (Phi) is 4.46. The quantitative estimate of drug-likeness (QED) is 0.584. The molecular formula is C16H20. The molecule has 0 aliphatic heterocycles. The van der Waals surface area contributed by atoms with Crippen molar-refractivity contribution in [2.24, 2.45) is 0 Å². The molecule has 0 nitrogen and oxygen atoms in total. The Balaban J connectivity index is 2.05. The van der Waals surface area contributed by atoms with Crippen molar-refractivity contribution in [3.05, 3.63) is 53.8 Å². The van der Waals surface area contributed by atoms with Crippen LogP contribution in [0.1, 0.15) is 50.0 Å². The van der Waals surface area contributed by atoms with Crippen molar-refractivity contribution >= 4 is 0 Å². The van der Waals surface area contributed by atoms with Gasteiger partial charge < -0.3 is 0 Å². The second kappa shape index (κ2) is 6.35. The van der Waals surface area contributed by atoms with E-state index in [2.05, 4.69) is 48.2 Å². The normalized spacial score (nSPS) is 21.9. The molecule has 0 fully saturated rings. The molecule has 0 bridgehead atoms. The molecule has 1 atom stereocenters. The summed E-state index contributed by atoms with van der Waals surface area (Å²) in [6, 6.07) is 11.0. The highest BCUT2D eigenvalue weighted by Gasteiger charge is 2.10. The van der Waals surface area contributed by atoms with Gasteiger partial charge in [-0.25, -0.2) is 0 Å². The number of hydrogen-bond acceptors (Lipinski definition) is 0. The molecule has 0 amide bonds. The largest absolute Gasteiger partial charge is 0.130 e. The van der Waals surface area contributed by atoms with Crippen LogP contribution in [0.25, 0.3) is 0 Å². The zero-order valence-corrected chi connectivity index (χ0v) is 9.86. The predicted octanol–water partition coefficient (Wildman–Crippen LogP) is 4.84. The van der Waals surface area contributed by atoms with Gasteiger partial charge in [0, 0.05) is 0 Å². The maximum absolute atomic E-state index is 3.28. The minimum Gasteiger partial charge on any atom is -0.130 e.